The molecule has 0 aliphatic rings. The maximum absolute atomic E-state index is 12.9. The average molecular weight is 1190 g/mol. The van der Waals surface area contributed by atoms with Gasteiger partial charge < -0.3 is 43.5 Å². The van der Waals surface area contributed by atoms with Crippen LogP contribution in [0.25, 0.3) is 54.8 Å². The molecule has 21 nitrogen and oxygen atoms in total. The Morgan fingerprint density at radius 3 is 1.26 bits per heavy atom. The summed E-state index contributed by atoms with van der Waals surface area (Å²) in [6.45, 7) is 9.14. The van der Waals surface area contributed by atoms with Crippen LogP contribution < -0.4 is 21.5 Å². The quantitative estimate of drug-likeness (QED) is 0.0122. The van der Waals surface area contributed by atoms with Gasteiger partial charge in [-0.15, -0.1) is 0 Å². The first-order valence-corrected chi connectivity index (χ1v) is 26.8. The summed E-state index contributed by atoms with van der Waals surface area (Å²) in [5.74, 6) is -1.46. The van der Waals surface area contributed by atoms with Crippen LogP contribution >= 0.6 is 7.60 Å². The van der Waals surface area contributed by atoms with Crippen molar-refractivity contribution < 1.29 is 69.4 Å². The number of hydroxylamine groups is 2. The number of hydrogen-bond acceptors (Lipinski definition) is 15. The minimum absolute atomic E-state index is 0. The number of amides is 1. The second-order valence-electron chi connectivity index (χ2n) is 17.1. The third kappa shape index (κ3) is 19.9. The standard InChI is InChI=1S/C16H17O5P.C13H14N2O2.C11H10N2O2.C10H11N3O2.C9H8N2O.CH3.ClH.Mg/c1-2-19-16(17)13-22(18,20-14-9-5-3-6-10-14)21-15-11-7-4-8-12-15;1-3-17-12(16)8-9(2)13-10-6-4-5-7-11(10)14-15-13;1-7(6-10(14)15)11-8-4-2-3-5-9(8)12-13-11;1-13(15-2)10(14)9-7-5-3-4-6-8(7)11-12-9;1-6(12)9-7-4-2-3-5-8(7)10-11-9;;;/h3-12H,2,13H2,1H3;4-8H,3H2,1-2H3,(H,14,15);2-6H,1H3,(H,12,13)(H,14,15);3-6H,1-2H3,(H,11,12);2-5H,1H3,(H,10,11);1H3;1H;/q;;;;;-1;;+2/p-1/b;9-8-;7-6+;;;;;. The second-order valence-corrected chi connectivity index (χ2v) is 19.0. The van der Waals surface area contributed by atoms with Gasteiger partial charge in [-0.1, -0.05) is 109 Å². The van der Waals surface area contributed by atoms with Gasteiger partial charge in [0.25, 0.3) is 5.91 Å². The Hall–Kier alpha value is -8.92. The Balaban J connectivity index is 0.000000276. The molecule has 0 fully saturated rings. The zero-order chi connectivity index (χ0) is 58.3. The molecule has 0 spiro atoms. The molecule has 24 heteroatoms. The second kappa shape index (κ2) is 34.5. The minimum atomic E-state index is -3.72. The molecule has 5 N–H and O–H groups in total. The van der Waals surface area contributed by atoms with E-state index in [2.05, 4.69) is 40.8 Å². The molecular weight excluding hydrogens is 1130 g/mol. The van der Waals surface area contributed by atoms with Gasteiger partial charge in [-0.25, -0.2) is 19.2 Å². The van der Waals surface area contributed by atoms with Gasteiger partial charge in [0.1, 0.15) is 17.2 Å². The SMILES string of the molecule is C/C(=C\C(=O)O)c1n[nH]c2ccccc12.CC(=O)c1n[nH]c2ccccc12.CCOC(=O)/C=C(/C)c1n[nH]c2ccccc12.CCOC(=O)CP(=O)(Oc1ccccc1)Oc1ccccc1.CON(C)C(=O)c1n[nH]c2ccccc12.[CH3-].[Cl-].[Mg+2]. The van der Waals surface area contributed by atoms with Crippen LogP contribution in [0.4, 0.5) is 0 Å². The number of carbonyl (C=O) groups excluding carboxylic acids is 4. The van der Waals surface area contributed by atoms with Crippen LogP contribution in [0.3, 0.4) is 0 Å². The fourth-order valence-electron chi connectivity index (χ4n) is 7.53. The fourth-order valence-corrected chi connectivity index (χ4v) is 8.99. The third-order valence-electron chi connectivity index (χ3n) is 11.3. The van der Waals surface area contributed by atoms with E-state index >= 15 is 0 Å². The molecule has 1 amide bonds. The first kappa shape index (κ1) is 69.3. The maximum Gasteiger partial charge on any atom is 2.00 e. The van der Waals surface area contributed by atoms with Gasteiger partial charge >= 0.3 is 48.6 Å². The molecule has 10 rings (SSSR count). The predicted octanol–water partition coefficient (Wildman–Crippen LogP) is 8.52. The number of aromatic amines is 4. The van der Waals surface area contributed by atoms with Gasteiger partial charge in [-0.2, -0.15) is 20.4 Å². The molecule has 0 radical (unpaired) electrons. The zero-order valence-electron chi connectivity index (χ0n) is 47.5. The molecule has 4 heterocycles. The molecule has 0 bridgehead atoms. The summed E-state index contributed by atoms with van der Waals surface area (Å²) in [6, 6.07) is 47.6. The number of aromatic nitrogens is 8. The van der Waals surface area contributed by atoms with E-state index in [0.717, 1.165) is 66.0 Å². The van der Waals surface area contributed by atoms with E-state index < -0.39 is 25.7 Å². The summed E-state index contributed by atoms with van der Waals surface area (Å²) in [6.07, 6.45) is 2.17. The van der Waals surface area contributed by atoms with Crippen LogP contribution in [0.2, 0.25) is 0 Å². The molecule has 0 saturated carbocycles. The predicted molar refractivity (Wildman–Crippen MR) is 320 cm³/mol. The van der Waals surface area contributed by atoms with E-state index in [1.807, 2.05) is 104 Å². The van der Waals surface area contributed by atoms with Crippen molar-refractivity contribution in [3.05, 3.63) is 200 Å². The Morgan fingerprint density at radius 1 is 0.536 bits per heavy atom. The van der Waals surface area contributed by atoms with Crippen molar-refractivity contribution in [1.29, 1.82) is 0 Å². The maximum atomic E-state index is 12.9. The fraction of sp³-hybridized carbons (Fsp3) is 0.167. The number of fused-ring (bicyclic) bond motifs is 4. The number of carbonyl (C=O) groups is 5. The molecule has 0 saturated heterocycles. The van der Waals surface area contributed by atoms with E-state index in [9.17, 15) is 28.5 Å². The summed E-state index contributed by atoms with van der Waals surface area (Å²) in [5, 5.41) is 41.0. The van der Waals surface area contributed by atoms with E-state index in [-0.39, 0.29) is 67.2 Å². The van der Waals surface area contributed by atoms with E-state index in [1.165, 1.54) is 20.1 Å². The number of ketones is 1. The number of para-hydroxylation sites is 6. The van der Waals surface area contributed by atoms with E-state index in [4.69, 9.17) is 28.5 Å². The smallest absolute Gasteiger partial charge is 1.00 e. The number of Topliss-reactive ketones (excluding diaryl/α,β-unsaturated/α-hetero) is 1. The van der Waals surface area contributed by atoms with Crippen LogP contribution in [0, 0.1) is 7.43 Å². The molecular formula is C60H63ClMgN9O12P. The van der Waals surface area contributed by atoms with Crippen molar-refractivity contribution in [2.24, 2.45) is 0 Å². The number of halogens is 1. The first-order chi connectivity index (χ1) is 39.0. The number of ether oxygens (including phenoxy) is 2. The van der Waals surface area contributed by atoms with Crippen LogP contribution in [-0.4, -0.2) is 137 Å². The summed E-state index contributed by atoms with van der Waals surface area (Å²) in [4.78, 5) is 61.2. The van der Waals surface area contributed by atoms with Gasteiger partial charge in [0.2, 0.25) is 0 Å². The normalized spacial score (nSPS) is 10.7. The van der Waals surface area contributed by atoms with E-state index in [0.29, 0.717) is 40.8 Å². The van der Waals surface area contributed by atoms with Gasteiger partial charge in [-0.3, -0.25) is 39.6 Å². The van der Waals surface area contributed by atoms with Crippen molar-refractivity contribution in [2.45, 2.75) is 34.6 Å². The zero-order valence-corrected chi connectivity index (χ0v) is 50.6. The van der Waals surface area contributed by atoms with Crippen molar-refractivity contribution in [3.8, 4) is 11.5 Å². The molecule has 6 aromatic carbocycles. The largest absolute Gasteiger partial charge is 2.00 e. The Labute approximate surface area is 507 Å². The first-order valence-electron chi connectivity index (χ1n) is 25.1. The van der Waals surface area contributed by atoms with Gasteiger partial charge in [0.05, 0.1) is 53.8 Å². The number of hydrogen-bond donors (Lipinski definition) is 5. The van der Waals surface area contributed by atoms with E-state index in [1.54, 1.807) is 88.5 Å². The average Bonchev–Trinajstić information content (AvgIpc) is 4.42. The molecule has 0 aliphatic heterocycles. The summed E-state index contributed by atoms with van der Waals surface area (Å²) < 4.78 is 33.5. The molecule has 0 unspecified atom stereocenters. The molecule has 0 aliphatic carbocycles. The Bertz CT molecular complexity index is 3800. The summed E-state index contributed by atoms with van der Waals surface area (Å²) >= 11 is 0. The molecule has 10 aromatic rings. The number of carboxylic acid groups (broad SMARTS) is 1. The number of carboxylic acids is 1. The monoisotopic (exact) mass is 1190 g/mol. The van der Waals surface area contributed by atoms with Gasteiger partial charge in [-0.05, 0) is 87.4 Å². The number of aliphatic carboxylic acids is 1. The molecule has 84 heavy (non-hydrogen) atoms. The Kier molecular flexibility index (Phi) is 28.5. The Morgan fingerprint density at radius 2 is 0.881 bits per heavy atom. The number of nitrogens with zero attached hydrogens (tertiary/aromatic N) is 5. The van der Waals surface area contributed by atoms with Crippen LogP contribution in [0.5, 0.6) is 11.5 Å². The number of allylic oxidation sites excluding steroid dienone is 2. The topological polar surface area (TPSA) is 287 Å². The number of esters is 2. The van der Waals surface area contributed by atoms with Crippen molar-refractivity contribution in [2.75, 3.05) is 33.5 Å². The minimum Gasteiger partial charge on any atom is -1.00 e. The van der Waals surface area contributed by atoms with Gasteiger partial charge in [0.15, 0.2) is 17.6 Å². The molecule has 0 atom stereocenters. The molecule has 434 valence electrons. The van der Waals surface area contributed by atoms with Crippen molar-refractivity contribution >= 4 is 115 Å². The van der Waals surface area contributed by atoms with Crippen molar-refractivity contribution in [3.63, 3.8) is 0 Å². The number of benzene rings is 6. The van der Waals surface area contributed by atoms with Crippen LogP contribution in [0.15, 0.2) is 170 Å². The number of nitrogens with one attached hydrogen (secondary N) is 4. The van der Waals surface area contributed by atoms with Crippen molar-refractivity contribution in [1.82, 2.24) is 45.9 Å². The summed E-state index contributed by atoms with van der Waals surface area (Å²) in [5.41, 5.74) is 7.40. The number of rotatable bonds is 15. The third-order valence-corrected chi connectivity index (χ3v) is 12.9. The van der Waals surface area contributed by atoms with Crippen LogP contribution in [0.1, 0.15) is 67.0 Å². The number of H-pyrrole nitrogens is 4. The van der Waals surface area contributed by atoms with Gasteiger partial charge in [0, 0.05) is 47.7 Å². The summed E-state index contributed by atoms with van der Waals surface area (Å²) in [7, 11) is -0.739. The molecule has 4 aromatic heterocycles. The van der Waals surface area contributed by atoms with Crippen LogP contribution in [-0.2, 0) is 33.3 Å².